The van der Waals surface area contributed by atoms with Crippen LogP contribution in [-0.2, 0) is 6.42 Å². The van der Waals surface area contributed by atoms with Crippen LogP contribution in [0.2, 0.25) is 0 Å². The number of benzene rings is 1. The average molecular weight is 380 g/mol. The molecule has 148 valence electrons. The summed E-state index contributed by atoms with van der Waals surface area (Å²) < 4.78 is 11.4. The zero-order valence-corrected chi connectivity index (χ0v) is 17.7. The highest BCUT2D eigenvalue weighted by Gasteiger charge is 2.15. The molecule has 3 rings (SSSR count). The van der Waals surface area contributed by atoms with Gasteiger partial charge in [-0.3, -0.25) is 4.98 Å². The van der Waals surface area contributed by atoms with Gasteiger partial charge >= 0.3 is 0 Å². The molecule has 0 aliphatic carbocycles. The summed E-state index contributed by atoms with van der Waals surface area (Å²) in [7, 11) is 0. The lowest BCUT2D eigenvalue weighted by atomic mass is 10.0. The van der Waals surface area contributed by atoms with Crippen LogP contribution in [0, 0.1) is 26.7 Å². The minimum atomic E-state index is 0.489. The van der Waals surface area contributed by atoms with Crippen LogP contribution in [0.5, 0.6) is 5.75 Å². The van der Waals surface area contributed by atoms with Crippen LogP contribution in [0.1, 0.15) is 49.6 Å². The van der Waals surface area contributed by atoms with Gasteiger partial charge in [0.2, 0.25) is 5.82 Å². The third-order valence-corrected chi connectivity index (χ3v) is 4.63. The molecule has 0 saturated heterocycles. The van der Waals surface area contributed by atoms with Gasteiger partial charge in [-0.25, -0.2) is 0 Å². The van der Waals surface area contributed by atoms with Crippen molar-refractivity contribution in [3.63, 3.8) is 0 Å². The van der Waals surface area contributed by atoms with Crippen LogP contribution >= 0.6 is 0 Å². The Labute approximate surface area is 167 Å². The van der Waals surface area contributed by atoms with E-state index in [-0.39, 0.29) is 0 Å². The number of rotatable bonds is 7. The maximum absolute atomic E-state index is 5.86. The molecule has 28 heavy (non-hydrogen) atoms. The summed E-state index contributed by atoms with van der Waals surface area (Å²) >= 11 is 0. The molecule has 0 fully saturated rings. The maximum atomic E-state index is 5.86. The van der Waals surface area contributed by atoms with Crippen molar-refractivity contribution < 1.29 is 9.26 Å². The second-order valence-corrected chi connectivity index (χ2v) is 7.80. The molecule has 0 atom stereocenters. The minimum absolute atomic E-state index is 0.489. The van der Waals surface area contributed by atoms with E-state index in [9.17, 15) is 0 Å². The summed E-state index contributed by atoms with van der Waals surface area (Å²) in [6, 6.07) is 6.16. The van der Waals surface area contributed by atoms with Crippen molar-refractivity contribution in [2.45, 2.75) is 54.4 Å². The first kappa shape index (κ1) is 20.1. The van der Waals surface area contributed by atoms with Crippen molar-refractivity contribution in [1.29, 1.82) is 0 Å². The van der Waals surface area contributed by atoms with E-state index in [4.69, 9.17) is 9.26 Å². The summed E-state index contributed by atoms with van der Waals surface area (Å²) in [5.41, 5.74) is 6.19. The number of ether oxygens (including phenoxy) is 1. The number of nitrogens with zero attached hydrogens (tertiary/aromatic N) is 3. The van der Waals surface area contributed by atoms with E-state index in [1.807, 2.05) is 32.2 Å². The van der Waals surface area contributed by atoms with Gasteiger partial charge in [-0.05, 0) is 74.4 Å². The van der Waals surface area contributed by atoms with E-state index in [1.165, 1.54) is 0 Å². The minimum Gasteiger partial charge on any atom is -0.493 e. The third kappa shape index (κ3) is 4.41. The molecule has 0 amide bonds. The molecular weight excluding hydrogens is 350 g/mol. The van der Waals surface area contributed by atoms with Crippen LogP contribution < -0.4 is 4.74 Å². The van der Waals surface area contributed by atoms with E-state index < -0.39 is 0 Å². The Morgan fingerprint density at radius 2 is 1.68 bits per heavy atom. The lowest BCUT2D eigenvalue weighted by Gasteiger charge is -2.12. The zero-order chi connectivity index (χ0) is 20.3. The number of pyridine rings is 1. The molecule has 0 aliphatic heterocycles. The van der Waals surface area contributed by atoms with Crippen LogP contribution in [0.4, 0.5) is 0 Å². The Morgan fingerprint density at radius 1 is 1.00 bits per heavy atom. The first-order valence-electron chi connectivity index (χ1n) is 9.93. The molecule has 2 aromatic heterocycles. The predicted molar refractivity (Wildman–Crippen MR) is 112 cm³/mol. The van der Waals surface area contributed by atoms with Crippen molar-refractivity contribution in [2.75, 3.05) is 6.61 Å². The van der Waals surface area contributed by atoms with Crippen molar-refractivity contribution in [3.8, 4) is 28.6 Å². The Kier molecular flexibility index (Phi) is 6.12. The summed E-state index contributed by atoms with van der Waals surface area (Å²) in [6.07, 6.45) is 3.77. The molecule has 0 radical (unpaired) electrons. The molecule has 0 aliphatic rings. The van der Waals surface area contributed by atoms with Gasteiger partial charge in [0, 0.05) is 17.5 Å². The second kappa shape index (κ2) is 8.55. The Balaban J connectivity index is 1.87. The predicted octanol–water partition coefficient (Wildman–Crippen LogP) is 5.71. The van der Waals surface area contributed by atoms with Gasteiger partial charge in [-0.2, -0.15) is 4.98 Å². The van der Waals surface area contributed by atoms with E-state index in [1.54, 1.807) is 0 Å². The average Bonchev–Trinajstić information content (AvgIpc) is 3.12. The monoisotopic (exact) mass is 379 g/mol. The molecule has 0 saturated carbocycles. The number of hydrogen-bond donors (Lipinski definition) is 0. The molecule has 0 spiro atoms. The summed E-state index contributed by atoms with van der Waals surface area (Å²) in [5, 5.41) is 4.18. The van der Waals surface area contributed by atoms with Crippen molar-refractivity contribution >= 4 is 0 Å². The van der Waals surface area contributed by atoms with Gasteiger partial charge in [0.05, 0.1) is 12.2 Å². The van der Waals surface area contributed by atoms with Gasteiger partial charge in [0.25, 0.3) is 5.89 Å². The lowest BCUT2D eigenvalue weighted by molar-refractivity contribution is 0.313. The van der Waals surface area contributed by atoms with Gasteiger partial charge in [0.15, 0.2) is 0 Å². The van der Waals surface area contributed by atoms with Crippen LogP contribution in [-0.4, -0.2) is 21.7 Å². The van der Waals surface area contributed by atoms with E-state index >= 15 is 0 Å². The normalized spacial score (nSPS) is 11.2. The standard InChI is InChI=1S/C23H29N3O2/c1-7-8-27-21-16(5)11-18(12-17(21)6)22-25-23(28-26-22)19-10-15(4)20(24-13-19)9-14(2)3/h10-14H,7-9H2,1-6H3. The van der Waals surface area contributed by atoms with Crippen LogP contribution in [0.3, 0.4) is 0 Å². The van der Waals surface area contributed by atoms with Gasteiger partial charge < -0.3 is 9.26 Å². The molecule has 1 aromatic carbocycles. The first-order chi connectivity index (χ1) is 13.4. The van der Waals surface area contributed by atoms with Crippen molar-refractivity contribution in [1.82, 2.24) is 15.1 Å². The van der Waals surface area contributed by atoms with Crippen LogP contribution in [0.25, 0.3) is 22.8 Å². The highest BCUT2D eigenvalue weighted by atomic mass is 16.5. The molecule has 2 heterocycles. The smallest absolute Gasteiger partial charge is 0.259 e. The van der Waals surface area contributed by atoms with Gasteiger partial charge in [-0.15, -0.1) is 0 Å². The first-order valence-corrected chi connectivity index (χ1v) is 9.93. The summed E-state index contributed by atoms with van der Waals surface area (Å²) in [4.78, 5) is 9.20. The quantitative estimate of drug-likeness (QED) is 0.526. The molecule has 5 heteroatoms. The molecular formula is C23H29N3O2. The fraction of sp³-hybridized carbons (Fsp3) is 0.435. The molecule has 0 unspecified atom stereocenters. The van der Waals surface area contributed by atoms with Crippen molar-refractivity contribution in [2.24, 2.45) is 5.92 Å². The number of aryl methyl sites for hydroxylation is 3. The Bertz CT molecular complexity index is 937. The lowest BCUT2D eigenvalue weighted by Crippen LogP contribution is -2.00. The fourth-order valence-corrected chi connectivity index (χ4v) is 3.29. The topological polar surface area (TPSA) is 61.0 Å². The molecule has 0 N–H and O–H groups in total. The largest absolute Gasteiger partial charge is 0.493 e. The molecule has 3 aromatic rings. The van der Waals surface area contributed by atoms with Crippen LogP contribution in [0.15, 0.2) is 28.9 Å². The third-order valence-electron chi connectivity index (χ3n) is 4.63. The highest BCUT2D eigenvalue weighted by molar-refractivity contribution is 5.63. The SMILES string of the molecule is CCCOc1c(C)cc(-c2noc(-c3cnc(CC(C)C)c(C)c3)n2)cc1C. The highest BCUT2D eigenvalue weighted by Crippen LogP contribution is 2.30. The van der Waals surface area contributed by atoms with Gasteiger partial charge in [0.1, 0.15) is 5.75 Å². The zero-order valence-electron chi connectivity index (χ0n) is 17.7. The summed E-state index contributed by atoms with van der Waals surface area (Å²) in [5.74, 6) is 2.58. The van der Waals surface area contributed by atoms with Crippen molar-refractivity contribution in [3.05, 3.63) is 46.8 Å². The second-order valence-electron chi connectivity index (χ2n) is 7.80. The fourth-order valence-electron chi connectivity index (χ4n) is 3.29. The van der Waals surface area contributed by atoms with Gasteiger partial charge in [-0.1, -0.05) is 25.9 Å². The van der Waals surface area contributed by atoms with E-state index in [0.717, 1.165) is 52.1 Å². The Hall–Kier alpha value is -2.69. The summed E-state index contributed by atoms with van der Waals surface area (Å²) in [6.45, 7) is 13.4. The number of aromatic nitrogens is 3. The maximum Gasteiger partial charge on any atom is 0.259 e. The Morgan fingerprint density at radius 3 is 2.29 bits per heavy atom. The molecule has 5 nitrogen and oxygen atoms in total. The van der Waals surface area contributed by atoms with E-state index in [2.05, 4.69) is 48.9 Å². The van der Waals surface area contributed by atoms with E-state index in [0.29, 0.717) is 24.2 Å². The molecule has 0 bridgehead atoms. The number of hydrogen-bond acceptors (Lipinski definition) is 5.